The van der Waals surface area contributed by atoms with Crippen molar-refractivity contribution < 1.29 is 14.3 Å². The zero-order valence-electron chi connectivity index (χ0n) is 17.1. The number of hydrogen-bond acceptors (Lipinski definition) is 4. The third-order valence-electron chi connectivity index (χ3n) is 4.60. The van der Waals surface area contributed by atoms with Crippen molar-refractivity contribution in [2.24, 2.45) is 5.10 Å². The second-order valence-electron chi connectivity index (χ2n) is 6.52. The van der Waals surface area contributed by atoms with Gasteiger partial charge >= 0.3 is 0 Å². The number of ether oxygens (including phenoxy) is 2. The molecule has 0 spiro atoms. The molecule has 3 aromatic rings. The van der Waals surface area contributed by atoms with E-state index >= 15 is 0 Å². The average Bonchev–Trinajstić information content (AvgIpc) is 3.02. The van der Waals surface area contributed by atoms with E-state index in [1.54, 1.807) is 37.6 Å². The van der Waals surface area contributed by atoms with Crippen LogP contribution in [0.3, 0.4) is 0 Å². The largest absolute Gasteiger partial charge is 0.497 e. The van der Waals surface area contributed by atoms with Gasteiger partial charge in [0.25, 0.3) is 5.91 Å². The van der Waals surface area contributed by atoms with Crippen molar-refractivity contribution >= 4 is 12.1 Å². The number of carbonyl (C=O) groups excluding carboxylic acids is 1. The van der Waals surface area contributed by atoms with E-state index in [0.717, 1.165) is 34.1 Å². The summed E-state index contributed by atoms with van der Waals surface area (Å²) in [5, 5.41) is 4.12. The molecule has 6 heteroatoms. The molecule has 0 aliphatic rings. The smallest absolute Gasteiger partial charge is 0.271 e. The van der Waals surface area contributed by atoms with Crippen molar-refractivity contribution in [3.05, 3.63) is 77.1 Å². The third kappa shape index (κ3) is 4.66. The number of methoxy groups -OCH3 is 1. The monoisotopic (exact) mass is 391 g/mol. The lowest BCUT2D eigenvalue weighted by molar-refractivity contribution is 0.0955. The van der Waals surface area contributed by atoms with Crippen LogP contribution >= 0.6 is 0 Å². The van der Waals surface area contributed by atoms with Crippen LogP contribution in [-0.2, 0) is 0 Å². The standard InChI is InChI=1S/C23H25N3O3/c1-5-29-22-10-6-18(7-11-22)23(27)25-24-15-19-14-16(2)26(17(19)3)20-8-12-21(28-4)13-9-20/h6-15H,5H2,1-4H3,(H,25,27)/b24-15+. The van der Waals surface area contributed by atoms with Crippen LogP contribution in [0.15, 0.2) is 59.7 Å². The Bertz CT molecular complexity index is 1000. The van der Waals surface area contributed by atoms with Gasteiger partial charge in [-0.2, -0.15) is 5.10 Å². The van der Waals surface area contributed by atoms with Crippen LogP contribution in [0.2, 0.25) is 0 Å². The van der Waals surface area contributed by atoms with Crippen molar-refractivity contribution in [2.45, 2.75) is 20.8 Å². The molecule has 0 fully saturated rings. The summed E-state index contributed by atoms with van der Waals surface area (Å²) in [5.41, 5.74) is 7.18. The highest BCUT2D eigenvalue weighted by Gasteiger charge is 2.10. The molecular weight excluding hydrogens is 366 g/mol. The van der Waals surface area contributed by atoms with Crippen molar-refractivity contribution in [3.8, 4) is 17.2 Å². The summed E-state index contributed by atoms with van der Waals surface area (Å²) in [5.74, 6) is 1.28. The van der Waals surface area contributed by atoms with Gasteiger partial charge in [0.2, 0.25) is 0 Å². The topological polar surface area (TPSA) is 64.8 Å². The predicted molar refractivity (Wildman–Crippen MR) is 114 cm³/mol. The van der Waals surface area contributed by atoms with Gasteiger partial charge in [-0.25, -0.2) is 5.43 Å². The van der Waals surface area contributed by atoms with Crippen LogP contribution in [0.5, 0.6) is 11.5 Å². The lowest BCUT2D eigenvalue weighted by Gasteiger charge is -2.10. The molecule has 0 aliphatic carbocycles. The Morgan fingerprint density at radius 3 is 2.34 bits per heavy atom. The number of aromatic nitrogens is 1. The van der Waals surface area contributed by atoms with E-state index in [-0.39, 0.29) is 5.91 Å². The van der Waals surface area contributed by atoms with E-state index in [4.69, 9.17) is 9.47 Å². The lowest BCUT2D eigenvalue weighted by Crippen LogP contribution is -2.17. The molecule has 3 rings (SSSR count). The Labute approximate surface area is 170 Å². The van der Waals surface area contributed by atoms with Crippen LogP contribution in [0.1, 0.15) is 34.2 Å². The zero-order valence-corrected chi connectivity index (χ0v) is 17.1. The summed E-state index contributed by atoms with van der Waals surface area (Å²) in [6, 6.07) is 16.9. The van der Waals surface area contributed by atoms with Gasteiger partial charge in [0.1, 0.15) is 11.5 Å². The zero-order chi connectivity index (χ0) is 20.8. The van der Waals surface area contributed by atoms with Gasteiger partial charge in [-0.15, -0.1) is 0 Å². The summed E-state index contributed by atoms with van der Waals surface area (Å²) in [6.45, 7) is 6.56. The lowest BCUT2D eigenvalue weighted by atomic mass is 10.2. The van der Waals surface area contributed by atoms with Crippen LogP contribution < -0.4 is 14.9 Å². The van der Waals surface area contributed by atoms with Crippen molar-refractivity contribution in [1.82, 2.24) is 9.99 Å². The molecule has 150 valence electrons. The molecule has 0 radical (unpaired) electrons. The van der Waals surface area contributed by atoms with Crippen LogP contribution in [0.25, 0.3) is 5.69 Å². The second kappa shape index (κ2) is 9.10. The molecule has 0 atom stereocenters. The first-order valence-corrected chi connectivity index (χ1v) is 9.43. The maximum absolute atomic E-state index is 12.3. The molecule has 0 bridgehead atoms. The minimum atomic E-state index is -0.270. The number of hydrogen-bond donors (Lipinski definition) is 1. The van der Waals surface area contributed by atoms with Crippen molar-refractivity contribution in [2.75, 3.05) is 13.7 Å². The summed E-state index contributed by atoms with van der Waals surface area (Å²) >= 11 is 0. The van der Waals surface area contributed by atoms with Gasteiger partial charge in [-0.3, -0.25) is 4.79 Å². The molecular formula is C23H25N3O3. The van der Waals surface area contributed by atoms with Gasteiger partial charge in [0, 0.05) is 28.2 Å². The van der Waals surface area contributed by atoms with Gasteiger partial charge in [-0.1, -0.05) is 0 Å². The number of aryl methyl sites for hydroxylation is 1. The number of rotatable bonds is 7. The fourth-order valence-corrected chi connectivity index (χ4v) is 3.14. The number of benzene rings is 2. The molecule has 1 N–H and O–H groups in total. The minimum Gasteiger partial charge on any atom is -0.497 e. The van der Waals surface area contributed by atoms with Crippen molar-refractivity contribution in [3.63, 3.8) is 0 Å². The number of carbonyl (C=O) groups is 1. The highest BCUT2D eigenvalue weighted by atomic mass is 16.5. The maximum Gasteiger partial charge on any atom is 0.271 e. The molecule has 2 aromatic carbocycles. The summed E-state index contributed by atoms with van der Waals surface area (Å²) < 4.78 is 12.7. The molecule has 0 saturated heterocycles. The summed E-state index contributed by atoms with van der Waals surface area (Å²) in [7, 11) is 1.65. The molecule has 0 aliphatic heterocycles. The van der Waals surface area contributed by atoms with E-state index in [0.29, 0.717) is 12.2 Å². The normalized spacial score (nSPS) is 10.9. The Morgan fingerprint density at radius 2 is 1.72 bits per heavy atom. The van der Waals surface area contributed by atoms with Crippen LogP contribution in [-0.4, -0.2) is 30.4 Å². The van der Waals surface area contributed by atoms with E-state index in [2.05, 4.69) is 15.1 Å². The number of nitrogens with one attached hydrogen (secondary N) is 1. The Balaban J connectivity index is 1.71. The molecule has 1 heterocycles. The first-order valence-electron chi connectivity index (χ1n) is 9.43. The minimum absolute atomic E-state index is 0.270. The molecule has 6 nitrogen and oxygen atoms in total. The summed E-state index contributed by atoms with van der Waals surface area (Å²) in [4.78, 5) is 12.3. The highest BCUT2D eigenvalue weighted by Crippen LogP contribution is 2.22. The van der Waals surface area contributed by atoms with E-state index in [1.807, 2.05) is 51.1 Å². The number of nitrogens with zero attached hydrogens (tertiary/aromatic N) is 2. The fraction of sp³-hybridized carbons (Fsp3) is 0.217. The van der Waals surface area contributed by atoms with Crippen molar-refractivity contribution in [1.29, 1.82) is 0 Å². The second-order valence-corrected chi connectivity index (χ2v) is 6.52. The quantitative estimate of drug-likeness (QED) is 0.483. The summed E-state index contributed by atoms with van der Waals surface area (Å²) in [6.07, 6.45) is 1.66. The molecule has 0 unspecified atom stereocenters. The molecule has 0 saturated carbocycles. The predicted octanol–water partition coefficient (Wildman–Crippen LogP) is 4.27. The fourth-order valence-electron chi connectivity index (χ4n) is 3.14. The Hall–Kier alpha value is -3.54. The first-order chi connectivity index (χ1) is 14.0. The van der Waals surface area contributed by atoms with E-state index < -0.39 is 0 Å². The Morgan fingerprint density at radius 1 is 1.07 bits per heavy atom. The van der Waals surface area contributed by atoms with Gasteiger partial charge in [-0.05, 0) is 75.4 Å². The van der Waals surface area contributed by atoms with E-state index in [1.165, 1.54) is 0 Å². The number of hydrazone groups is 1. The van der Waals surface area contributed by atoms with Gasteiger partial charge in [0.15, 0.2) is 0 Å². The average molecular weight is 391 g/mol. The molecule has 29 heavy (non-hydrogen) atoms. The van der Waals surface area contributed by atoms with E-state index in [9.17, 15) is 4.79 Å². The third-order valence-corrected chi connectivity index (χ3v) is 4.60. The Kier molecular flexibility index (Phi) is 6.34. The van der Waals surface area contributed by atoms with Crippen LogP contribution in [0, 0.1) is 13.8 Å². The van der Waals surface area contributed by atoms with Gasteiger partial charge in [0.05, 0.1) is 19.9 Å². The maximum atomic E-state index is 12.3. The number of amides is 1. The highest BCUT2D eigenvalue weighted by molar-refractivity contribution is 5.95. The molecule has 1 amide bonds. The van der Waals surface area contributed by atoms with Gasteiger partial charge < -0.3 is 14.0 Å². The SMILES string of the molecule is CCOc1ccc(C(=O)N/N=C/c2cc(C)n(-c3ccc(OC)cc3)c2C)cc1. The molecule has 1 aromatic heterocycles. The van der Waals surface area contributed by atoms with Crippen LogP contribution in [0.4, 0.5) is 0 Å². The first kappa shape index (κ1) is 20.2.